The summed E-state index contributed by atoms with van der Waals surface area (Å²) in [6, 6.07) is 6.59. The normalized spacial score (nSPS) is 10.7. The lowest BCUT2D eigenvalue weighted by molar-refractivity contribution is -0.118. The average molecular weight is 206 g/mol. The number of nitrogens with zero attached hydrogens (tertiary/aromatic N) is 1. The van der Waals surface area contributed by atoms with Crippen LogP contribution in [0.2, 0.25) is 0 Å². The van der Waals surface area contributed by atoms with Crippen LogP contribution in [-0.2, 0) is 11.3 Å². The third kappa shape index (κ3) is 1.83. The quantitative estimate of drug-likeness (QED) is 0.815. The summed E-state index contributed by atoms with van der Waals surface area (Å²) in [4.78, 5) is 10.6. The Labute approximate surface area is 86.3 Å². The number of carbonyl (C=O) groups excluding carboxylic acids is 1. The van der Waals surface area contributed by atoms with E-state index in [-0.39, 0.29) is 18.1 Å². The monoisotopic (exact) mass is 206 g/mol. The Morgan fingerprint density at radius 2 is 2.20 bits per heavy atom. The Bertz CT molecular complexity index is 504. The molecule has 0 unspecified atom stereocenters. The van der Waals surface area contributed by atoms with Gasteiger partial charge in [0.15, 0.2) is 0 Å². The van der Waals surface area contributed by atoms with Crippen LogP contribution in [0.25, 0.3) is 10.9 Å². The van der Waals surface area contributed by atoms with Gasteiger partial charge in [0.1, 0.15) is 5.82 Å². The third-order valence-electron chi connectivity index (χ3n) is 2.36. The second-order valence-electron chi connectivity index (χ2n) is 3.40. The van der Waals surface area contributed by atoms with E-state index in [4.69, 9.17) is 5.73 Å². The lowest BCUT2D eigenvalue weighted by Gasteiger charge is -2.02. The van der Waals surface area contributed by atoms with E-state index in [0.29, 0.717) is 11.9 Å². The number of aryl methyl sites for hydroxylation is 1. The van der Waals surface area contributed by atoms with Gasteiger partial charge in [0, 0.05) is 24.5 Å². The zero-order chi connectivity index (χ0) is 10.8. The molecule has 1 amide bonds. The molecule has 15 heavy (non-hydrogen) atoms. The Hall–Kier alpha value is -1.84. The van der Waals surface area contributed by atoms with Crippen molar-refractivity contribution in [3.8, 4) is 0 Å². The number of primary amides is 1. The number of hydrogen-bond acceptors (Lipinski definition) is 1. The summed E-state index contributed by atoms with van der Waals surface area (Å²) >= 11 is 0. The summed E-state index contributed by atoms with van der Waals surface area (Å²) in [5.41, 5.74) is 5.84. The Morgan fingerprint density at radius 1 is 1.40 bits per heavy atom. The minimum absolute atomic E-state index is 0.245. The molecular formula is C11H11FN2O. The first-order valence-corrected chi connectivity index (χ1v) is 4.70. The maximum absolute atomic E-state index is 13.3. The number of rotatable bonds is 3. The molecule has 2 aromatic rings. The van der Waals surface area contributed by atoms with E-state index in [1.807, 2.05) is 10.6 Å². The summed E-state index contributed by atoms with van der Waals surface area (Å²) in [6.45, 7) is 0.488. The lowest BCUT2D eigenvalue weighted by atomic mass is 10.2. The number of hydrogen-bond donors (Lipinski definition) is 1. The summed E-state index contributed by atoms with van der Waals surface area (Å²) in [6.07, 6.45) is 2.02. The van der Waals surface area contributed by atoms with Crippen molar-refractivity contribution in [1.82, 2.24) is 4.57 Å². The topological polar surface area (TPSA) is 48.0 Å². The van der Waals surface area contributed by atoms with Crippen LogP contribution in [0.4, 0.5) is 4.39 Å². The van der Waals surface area contributed by atoms with Gasteiger partial charge in [-0.05, 0) is 18.2 Å². The molecule has 4 heteroatoms. The van der Waals surface area contributed by atoms with Crippen molar-refractivity contribution in [2.75, 3.05) is 0 Å². The highest BCUT2D eigenvalue weighted by molar-refractivity contribution is 5.81. The summed E-state index contributed by atoms with van der Waals surface area (Å²) < 4.78 is 15.1. The van der Waals surface area contributed by atoms with Crippen LogP contribution in [0.3, 0.4) is 0 Å². The lowest BCUT2D eigenvalue weighted by Crippen LogP contribution is -2.13. The molecule has 0 aliphatic rings. The van der Waals surface area contributed by atoms with E-state index in [1.165, 1.54) is 6.07 Å². The first-order valence-electron chi connectivity index (χ1n) is 4.70. The van der Waals surface area contributed by atoms with Gasteiger partial charge in [0.25, 0.3) is 0 Å². The molecular weight excluding hydrogens is 195 g/mol. The fourth-order valence-electron chi connectivity index (χ4n) is 1.61. The smallest absolute Gasteiger partial charge is 0.219 e. The minimum atomic E-state index is -0.353. The van der Waals surface area contributed by atoms with Crippen molar-refractivity contribution in [2.24, 2.45) is 5.73 Å². The molecule has 0 radical (unpaired) electrons. The van der Waals surface area contributed by atoms with Gasteiger partial charge < -0.3 is 10.3 Å². The summed E-state index contributed by atoms with van der Waals surface area (Å²) in [5, 5.41) is 0.571. The number of carbonyl (C=O) groups is 1. The highest BCUT2D eigenvalue weighted by Gasteiger charge is 2.05. The van der Waals surface area contributed by atoms with Gasteiger partial charge in [-0.2, -0.15) is 0 Å². The molecule has 78 valence electrons. The van der Waals surface area contributed by atoms with Crippen molar-refractivity contribution >= 4 is 16.8 Å². The molecule has 0 aliphatic heterocycles. The minimum Gasteiger partial charge on any atom is -0.370 e. The van der Waals surface area contributed by atoms with Gasteiger partial charge >= 0.3 is 0 Å². The highest BCUT2D eigenvalue weighted by Crippen LogP contribution is 2.18. The molecule has 0 fully saturated rings. The third-order valence-corrected chi connectivity index (χ3v) is 2.36. The maximum Gasteiger partial charge on any atom is 0.219 e. The molecule has 3 nitrogen and oxygen atoms in total. The standard InChI is InChI=1S/C11H11FN2O/c12-9-2-1-3-10-8(9)4-6-14(10)7-5-11(13)15/h1-4,6H,5,7H2,(H2,13,15). The van der Waals surface area contributed by atoms with Crippen LogP contribution in [0.5, 0.6) is 0 Å². The number of benzene rings is 1. The van der Waals surface area contributed by atoms with Crippen LogP contribution in [-0.4, -0.2) is 10.5 Å². The zero-order valence-electron chi connectivity index (χ0n) is 8.11. The van der Waals surface area contributed by atoms with Crippen LogP contribution in [0, 0.1) is 5.82 Å². The van der Waals surface area contributed by atoms with Crippen molar-refractivity contribution in [3.05, 3.63) is 36.3 Å². The van der Waals surface area contributed by atoms with E-state index in [0.717, 1.165) is 5.52 Å². The number of amides is 1. The Kier molecular flexibility index (Phi) is 2.41. The molecule has 0 bridgehead atoms. The Morgan fingerprint density at radius 3 is 2.93 bits per heavy atom. The molecule has 0 saturated heterocycles. The fourth-order valence-corrected chi connectivity index (χ4v) is 1.61. The Balaban J connectivity index is 2.37. The number of fused-ring (bicyclic) bond motifs is 1. The number of aromatic nitrogens is 1. The molecule has 0 saturated carbocycles. The van der Waals surface area contributed by atoms with E-state index in [1.54, 1.807) is 18.3 Å². The molecule has 1 aromatic heterocycles. The van der Waals surface area contributed by atoms with Crippen molar-refractivity contribution in [3.63, 3.8) is 0 Å². The van der Waals surface area contributed by atoms with Crippen molar-refractivity contribution in [2.45, 2.75) is 13.0 Å². The largest absolute Gasteiger partial charge is 0.370 e. The molecule has 0 atom stereocenters. The molecule has 0 spiro atoms. The van der Waals surface area contributed by atoms with Crippen LogP contribution < -0.4 is 5.73 Å². The van der Waals surface area contributed by atoms with Gasteiger partial charge in [-0.15, -0.1) is 0 Å². The van der Waals surface area contributed by atoms with Crippen molar-refractivity contribution < 1.29 is 9.18 Å². The molecule has 2 N–H and O–H groups in total. The summed E-state index contributed by atoms with van der Waals surface area (Å²) in [7, 11) is 0. The number of nitrogens with two attached hydrogens (primary N) is 1. The van der Waals surface area contributed by atoms with Gasteiger partial charge in [0.05, 0.1) is 5.52 Å². The molecule has 1 aromatic carbocycles. The predicted octanol–water partition coefficient (Wildman–Crippen LogP) is 1.66. The summed E-state index contributed by atoms with van der Waals surface area (Å²) in [5.74, 6) is -0.599. The van der Waals surface area contributed by atoms with Gasteiger partial charge in [0.2, 0.25) is 5.91 Å². The van der Waals surface area contributed by atoms with Crippen LogP contribution in [0.15, 0.2) is 30.5 Å². The molecule has 0 aliphatic carbocycles. The van der Waals surface area contributed by atoms with Gasteiger partial charge in [-0.25, -0.2) is 4.39 Å². The average Bonchev–Trinajstić information content (AvgIpc) is 2.59. The second kappa shape index (κ2) is 3.73. The maximum atomic E-state index is 13.3. The van der Waals surface area contributed by atoms with Crippen LogP contribution >= 0.6 is 0 Å². The molecule has 1 heterocycles. The second-order valence-corrected chi connectivity index (χ2v) is 3.40. The van der Waals surface area contributed by atoms with E-state index in [2.05, 4.69) is 0 Å². The van der Waals surface area contributed by atoms with E-state index >= 15 is 0 Å². The first-order chi connectivity index (χ1) is 7.18. The van der Waals surface area contributed by atoms with Crippen molar-refractivity contribution in [1.29, 1.82) is 0 Å². The van der Waals surface area contributed by atoms with Crippen LogP contribution in [0.1, 0.15) is 6.42 Å². The van der Waals surface area contributed by atoms with E-state index in [9.17, 15) is 9.18 Å². The van der Waals surface area contributed by atoms with Gasteiger partial charge in [-0.1, -0.05) is 6.07 Å². The first kappa shape index (κ1) is 9.71. The van der Waals surface area contributed by atoms with E-state index < -0.39 is 0 Å². The SMILES string of the molecule is NC(=O)CCn1ccc2c(F)cccc21. The predicted molar refractivity (Wildman–Crippen MR) is 55.7 cm³/mol. The highest BCUT2D eigenvalue weighted by atomic mass is 19.1. The molecule has 2 rings (SSSR count). The zero-order valence-corrected chi connectivity index (χ0v) is 8.11. The fraction of sp³-hybridized carbons (Fsp3) is 0.182. The number of halogens is 1. The van der Waals surface area contributed by atoms with Gasteiger partial charge in [-0.3, -0.25) is 4.79 Å².